The maximum absolute atomic E-state index is 12.1. The Morgan fingerprint density at radius 1 is 1.42 bits per heavy atom. The Bertz CT molecular complexity index is 477. The molecule has 0 N–H and O–H groups in total. The fourth-order valence-electron chi connectivity index (χ4n) is 1.37. The molecule has 0 spiro atoms. The van der Waals surface area contributed by atoms with E-state index in [1.807, 2.05) is 49.5 Å². The van der Waals surface area contributed by atoms with Crippen LogP contribution in [-0.2, 0) is 9.53 Å². The van der Waals surface area contributed by atoms with E-state index < -0.39 is 6.04 Å². The maximum Gasteiger partial charge on any atom is 0.305 e. The molecule has 0 aromatic rings. The first-order valence-corrected chi connectivity index (χ1v) is 6.10. The van der Waals surface area contributed by atoms with Gasteiger partial charge in [-0.15, -0.1) is 0 Å². The van der Waals surface area contributed by atoms with Gasteiger partial charge in [-0.1, -0.05) is 42.5 Å². The molecule has 1 aliphatic rings. The summed E-state index contributed by atoms with van der Waals surface area (Å²) in [7, 11) is 0. The Hall–Kier alpha value is -2.16. The normalized spacial score (nSPS) is 15.9. The lowest BCUT2D eigenvalue weighted by atomic mass is 10.3. The molecule has 0 radical (unpaired) electrons. The number of halogens is 1. The van der Waals surface area contributed by atoms with Crippen molar-refractivity contribution in [3.05, 3.63) is 72.3 Å². The Balaban J connectivity index is 2.72. The van der Waals surface area contributed by atoms with E-state index in [0.717, 1.165) is 5.76 Å². The van der Waals surface area contributed by atoms with Crippen LogP contribution in [0.2, 0.25) is 0 Å². The summed E-state index contributed by atoms with van der Waals surface area (Å²) in [5.41, 5.74) is 0. The Morgan fingerprint density at radius 2 is 2.26 bits per heavy atom. The molecule has 0 saturated heterocycles. The fraction of sp³-hybridized carbons (Fsp3) is 0.188. The molecule has 1 aliphatic carbocycles. The van der Waals surface area contributed by atoms with Gasteiger partial charge in [0.25, 0.3) is 0 Å². The second-order valence-electron chi connectivity index (χ2n) is 3.81. The molecule has 0 aliphatic heterocycles. The molecular formula is C16H17FO2. The number of carbonyl (C=O) groups excluding carboxylic acids is 1. The van der Waals surface area contributed by atoms with Gasteiger partial charge in [-0.3, -0.25) is 4.79 Å². The summed E-state index contributed by atoms with van der Waals surface area (Å²) in [5, 5.41) is 0. The molecular weight excluding hydrogens is 243 g/mol. The molecule has 3 heteroatoms. The highest BCUT2D eigenvalue weighted by molar-refractivity contribution is 5.69. The van der Waals surface area contributed by atoms with E-state index in [4.69, 9.17) is 4.74 Å². The third-order valence-corrected chi connectivity index (χ3v) is 2.22. The van der Waals surface area contributed by atoms with Crippen LogP contribution < -0.4 is 0 Å². The van der Waals surface area contributed by atoms with E-state index in [9.17, 15) is 9.18 Å². The molecule has 0 fully saturated rings. The summed E-state index contributed by atoms with van der Waals surface area (Å²) in [6.45, 7) is 1.89. The highest BCUT2D eigenvalue weighted by Gasteiger charge is 2.00. The summed E-state index contributed by atoms with van der Waals surface area (Å²) >= 11 is 0. The third-order valence-electron chi connectivity index (χ3n) is 2.22. The van der Waals surface area contributed by atoms with Gasteiger partial charge in [0.05, 0.1) is 6.42 Å². The van der Waals surface area contributed by atoms with Crippen molar-refractivity contribution in [2.45, 2.75) is 19.8 Å². The average molecular weight is 260 g/mol. The number of hydrogen-bond donors (Lipinski definition) is 0. The Labute approximate surface area is 113 Å². The predicted molar refractivity (Wildman–Crippen MR) is 74.8 cm³/mol. The van der Waals surface area contributed by atoms with Crippen molar-refractivity contribution in [1.29, 1.82) is 0 Å². The fourth-order valence-corrected chi connectivity index (χ4v) is 1.37. The molecule has 0 bridgehead atoms. The highest BCUT2D eigenvalue weighted by Crippen LogP contribution is 2.15. The van der Waals surface area contributed by atoms with Gasteiger partial charge in [0.2, 0.25) is 0 Å². The van der Waals surface area contributed by atoms with Gasteiger partial charge < -0.3 is 4.74 Å². The first kappa shape index (κ1) is 14.9. The molecule has 0 saturated carbocycles. The topological polar surface area (TPSA) is 26.3 Å². The zero-order valence-electron chi connectivity index (χ0n) is 10.9. The van der Waals surface area contributed by atoms with Crippen LogP contribution in [0.15, 0.2) is 72.3 Å². The SMILES string of the molecule is C\C=C/C=C(\C=C\CC(=O)F)OC1=CC=CC=CC1. The third kappa shape index (κ3) is 6.99. The second-order valence-corrected chi connectivity index (χ2v) is 3.81. The molecule has 0 aromatic carbocycles. The van der Waals surface area contributed by atoms with Gasteiger partial charge in [0, 0.05) is 6.42 Å². The van der Waals surface area contributed by atoms with Crippen molar-refractivity contribution in [3.63, 3.8) is 0 Å². The molecule has 0 atom stereocenters. The summed E-state index contributed by atoms with van der Waals surface area (Å²) in [6, 6.07) is -1.36. The molecule has 100 valence electrons. The smallest absolute Gasteiger partial charge is 0.305 e. The first-order valence-electron chi connectivity index (χ1n) is 6.10. The number of rotatable bonds is 6. The minimum absolute atomic E-state index is 0.241. The zero-order chi connectivity index (χ0) is 13.9. The van der Waals surface area contributed by atoms with Gasteiger partial charge >= 0.3 is 6.04 Å². The van der Waals surface area contributed by atoms with Gasteiger partial charge in [0.1, 0.15) is 11.5 Å². The zero-order valence-corrected chi connectivity index (χ0v) is 10.9. The Morgan fingerprint density at radius 3 is 3.00 bits per heavy atom. The summed E-state index contributed by atoms with van der Waals surface area (Å²) < 4.78 is 17.8. The van der Waals surface area contributed by atoms with Crippen LogP contribution in [0.1, 0.15) is 19.8 Å². The van der Waals surface area contributed by atoms with Crippen molar-refractivity contribution in [2.75, 3.05) is 0 Å². The molecule has 1 rings (SSSR count). The lowest BCUT2D eigenvalue weighted by molar-refractivity contribution is -0.128. The Kier molecular flexibility index (Phi) is 6.95. The summed E-state index contributed by atoms with van der Waals surface area (Å²) in [6.07, 6.45) is 18.5. The van der Waals surface area contributed by atoms with Crippen LogP contribution in [0.25, 0.3) is 0 Å². The van der Waals surface area contributed by atoms with Crippen LogP contribution >= 0.6 is 0 Å². The van der Waals surface area contributed by atoms with Crippen LogP contribution in [0.4, 0.5) is 4.39 Å². The second kappa shape index (κ2) is 8.86. The number of allylic oxidation sites excluding steroid dienone is 10. The van der Waals surface area contributed by atoms with E-state index in [0.29, 0.717) is 12.2 Å². The molecule has 0 heterocycles. The highest BCUT2D eigenvalue weighted by atomic mass is 19.1. The average Bonchev–Trinajstić information content (AvgIpc) is 2.64. The van der Waals surface area contributed by atoms with Gasteiger partial charge in [-0.25, -0.2) is 0 Å². The van der Waals surface area contributed by atoms with Crippen molar-refractivity contribution in [2.24, 2.45) is 0 Å². The van der Waals surface area contributed by atoms with Gasteiger partial charge in [-0.05, 0) is 25.2 Å². The summed E-state index contributed by atoms with van der Waals surface area (Å²) in [4.78, 5) is 10.3. The van der Waals surface area contributed by atoms with Crippen molar-refractivity contribution in [3.8, 4) is 0 Å². The van der Waals surface area contributed by atoms with Gasteiger partial charge in [0.15, 0.2) is 0 Å². The van der Waals surface area contributed by atoms with Crippen molar-refractivity contribution < 1.29 is 13.9 Å². The monoisotopic (exact) mass is 260 g/mol. The van der Waals surface area contributed by atoms with Crippen LogP contribution in [-0.4, -0.2) is 6.04 Å². The van der Waals surface area contributed by atoms with E-state index in [1.165, 1.54) is 6.08 Å². The van der Waals surface area contributed by atoms with E-state index in [1.54, 1.807) is 12.2 Å². The molecule has 0 unspecified atom stereocenters. The largest absolute Gasteiger partial charge is 0.461 e. The number of carbonyl (C=O) groups is 1. The first-order chi connectivity index (χ1) is 9.22. The number of ether oxygens (including phenoxy) is 1. The lowest BCUT2D eigenvalue weighted by Gasteiger charge is -2.08. The van der Waals surface area contributed by atoms with Crippen LogP contribution in [0.5, 0.6) is 0 Å². The molecule has 19 heavy (non-hydrogen) atoms. The number of hydrogen-bond acceptors (Lipinski definition) is 2. The molecule has 0 amide bonds. The van der Waals surface area contributed by atoms with Crippen LogP contribution in [0.3, 0.4) is 0 Å². The van der Waals surface area contributed by atoms with Gasteiger partial charge in [-0.2, -0.15) is 4.39 Å². The van der Waals surface area contributed by atoms with E-state index in [2.05, 4.69) is 0 Å². The quantitative estimate of drug-likeness (QED) is 0.404. The summed E-state index contributed by atoms with van der Waals surface area (Å²) in [5.74, 6) is 1.35. The maximum atomic E-state index is 12.1. The molecule has 0 aromatic heterocycles. The predicted octanol–water partition coefficient (Wildman–Crippen LogP) is 4.31. The minimum atomic E-state index is -1.36. The van der Waals surface area contributed by atoms with Crippen LogP contribution in [0, 0.1) is 0 Å². The van der Waals surface area contributed by atoms with E-state index >= 15 is 0 Å². The van der Waals surface area contributed by atoms with E-state index in [-0.39, 0.29) is 6.42 Å². The minimum Gasteiger partial charge on any atom is -0.461 e. The lowest BCUT2D eigenvalue weighted by Crippen LogP contribution is -1.91. The standard InChI is InChI=1S/C16H17FO2/c1-2-3-9-14(12-8-13-16(17)18)19-15-10-6-4-5-7-11-15/h2-10,12H,11,13H2,1H3/b3-2-,12-8+,14-9+. The van der Waals surface area contributed by atoms with Crippen molar-refractivity contribution in [1.82, 2.24) is 0 Å². The van der Waals surface area contributed by atoms with Crippen molar-refractivity contribution >= 4 is 6.04 Å². The molecule has 2 nitrogen and oxygen atoms in total.